The molecule has 2 atom stereocenters. The minimum Gasteiger partial charge on any atom is -0.339 e. The standard InChI is InChI=1S/C30H36N4O2/c1-3-34-21(2)19-30(29(34)36)20-33(17-14-31-30)24-12-15-32(16-13-24)28(35)27-25-10-6-4-8-22(25)18-23-9-5-7-11-26(23)27/h4-11,18,21,24,31H,3,12-17,19-20H2,1-2H3. The van der Waals surface area contributed by atoms with E-state index in [-0.39, 0.29) is 17.9 Å². The van der Waals surface area contributed by atoms with Gasteiger partial charge in [0.15, 0.2) is 0 Å². The van der Waals surface area contributed by atoms with Crippen molar-refractivity contribution in [2.24, 2.45) is 0 Å². The molecule has 3 heterocycles. The van der Waals surface area contributed by atoms with E-state index < -0.39 is 5.54 Å². The van der Waals surface area contributed by atoms with Crippen LogP contribution in [0.15, 0.2) is 54.6 Å². The number of nitrogens with zero attached hydrogens (tertiary/aromatic N) is 3. The molecule has 3 aromatic rings. The number of piperidine rings is 1. The highest BCUT2D eigenvalue weighted by molar-refractivity contribution is 6.18. The molecule has 3 aliphatic rings. The van der Waals surface area contributed by atoms with E-state index in [0.29, 0.717) is 6.04 Å². The Labute approximate surface area is 213 Å². The molecule has 0 radical (unpaired) electrons. The zero-order chi connectivity index (χ0) is 24.9. The summed E-state index contributed by atoms with van der Waals surface area (Å²) in [5.41, 5.74) is 0.385. The molecule has 36 heavy (non-hydrogen) atoms. The number of piperazine rings is 1. The van der Waals surface area contributed by atoms with Gasteiger partial charge in [-0.25, -0.2) is 0 Å². The van der Waals surface area contributed by atoms with Gasteiger partial charge >= 0.3 is 0 Å². The predicted molar refractivity (Wildman–Crippen MR) is 144 cm³/mol. The van der Waals surface area contributed by atoms with Gasteiger partial charge in [0.1, 0.15) is 5.54 Å². The van der Waals surface area contributed by atoms with E-state index in [1.165, 1.54) is 0 Å². The topological polar surface area (TPSA) is 55.9 Å². The minimum absolute atomic E-state index is 0.136. The smallest absolute Gasteiger partial charge is 0.255 e. The molecule has 6 heteroatoms. The molecule has 0 bridgehead atoms. The molecular formula is C30H36N4O2. The fraction of sp³-hybridized carbons (Fsp3) is 0.467. The molecule has 1 N–H and O–H groups in total. The van der Waals surface area contributed by atoms with Gasteiger partial charge in [-0.2, -0.15) is 0 Å². The first kappa shape index (κ1) is 23.4. The highest BCUT2D eigenvalue weighted by atomic mass is 16.2. The van der Waals surface area contributed by atoms with Crippen LogP contribution >= 0.6 is 0 Å². The van der Waals surface area contributed by atoms with Crippen molar-refractivity contribution in [1.29, 1.82) is 0 Å². The van der Waals surface area contributed by atoms with Crippen LogP contribution in [0.2, 0.25) is 0 Å². The first-order valence-corrected chi connectivity index (χ1v) is 13.5. The summed E-state index contributed by atoms with van der Waals surface area (Å²) >= 11 is 0. The van der Waals surface area contributed by atoms with Crippen LogP contribution in [0.25, 0.3) is 21.5 Å². The van der Waals surface area contributed by atoms with Crippen molar-refractivity contribution in [3.05, 3.63) is 60.2 Å². The predicted octanol–water partition coefficient (Wildman–Crippen LogP) is 3.88. The molecule has 3 saturated heterocycles. The van der Waals surface area contributed by atoms with Crippen molar-refractivity contribution >= 4 is 33.4 Å². The van der Waals surface area contributed by atoms with Gasteiger partial charge < -0.3 is 15.1 Å². The van der Waals surface area contributed by atoms with Crippen molar-refractivity contribution in [2.75, 3.05) is 39.3 Å². The Balaban J connectivity index is 1.20. The minimum atomic E-state index is -0.442. The Hall–Kier alpha value is -2.96. The number of amides is 2. The van der Waals surface area contributed by atoms with Gasteiger partial charge in [-0.05, 0) is 60.7 Å². The summed E-state index contributed by atoms with van der Waals surface area (Å²) in [6.45, 7) is 9.09. The van der Waals surface area contributed by atoms with Gasteiger partial charge in [0.25, 0.3) is 5.91 Å². The maximum atomic E-state index is 13.9. The van der Waals surface area contributed by atoms with Crippen LogP contribution in [0.1, 0.15) is 43.5 Å². The Morgan fingerprint density at radius 1 is 1.00 bits per heavy atom. The molecule has 0 aromatic heterocycles. The SMILES string of the molecule is CCN1C(=O)C2(CC1C)CN(C1CCN(C(=O)c3c4ccccc4cc4ccccc34)CC1)CCN2. The van der Waals surface area contributed by atoms with Crippen molar-refractivity contribution < 1.29 is 9.59 Å². The van der Waals surface area contributed by atoms with Crippen LogP contribution in [0.3, 0.4) is 0 Å². The number of hydrogen-bond acceptors (Lipinski definition) is 4. The second-order valence-corrected chi connectivity index (χ2v) is 10.8. The number of fused-ring (bicyclic) bond motifs is 2. The van der Waals surface area contributed by atoms with E-state index in [2.05, 4.69) is 54.4 Å². The van der Waals surface area contributed by atoms with Crippen LogP contribution in [-0.4, -0.2) is 83.4 Å². The quantitative estimate of drug-likeness (QED) is 0.574. The first-order chi connectivity index (χ1) is 17.5. The summed E-state index contributed by atoms with van der Waals surface area (Å²) in [6, 6.07) is 19.3. The summed E-state index contributed by atoms with van der Waals surface area (Å²) in [5, 5.41) is 7.87. The van der Waals surface area contributed by atoms with Gasteiger partial charge in [0.2, 0.25) is 5.91 Å². The maximum absolute atomic E-state index is 13.9. The summed E-state index contributed by atoms with van der Waals surface area (Å²) in [5.74, 6) is 0.397. The number of likely N-dealkylation sites (tertiary alicyclic amines) is 2. The number of carbonyl (C=O) groups excluding carboxylic acids is 2. The van der Waals surface area contributed by atoms with E-state index in [1.54, 1.807) is 0 Å². The highest BCUT2D eigenvalue weighted by Gasteiger charge is 2.52. The van der Waals surface area contributed by atoms with E-state index in [9.17, 15) is 9.59 Å². The molecule has 1 spiro atoms. The fourth-order valence-corrected chi connectivity index (χ4v) is 6.98. The number of carbonyl (C=O) groups is 2. The lowest BCUT2D eigenvalue weighted by Gasteiger charge is -2.46. The molecule has 0 saturated carbocycles. The molecule has 3 aromatic carbocycles. The van der Waals surface area contributed by atoms with Crippen LogP contribution in [0.5, 0.6) is 0 Å². The summed E-state index contributed by atoms with van der Waals surface area (Å²) < 4.78 is 0. The average Bonchev–Trinajstić information content (AvgIpc) is 3.14. The Morgan fingerprint density at radius 3 is 2.25 bits per heavy atom. The van der Waals surface area contributed by atoms with Crippen LogP contribution in [0.4, 0.5) is 0 Å². The number of nitrogens with one attached hydrogen (secondary N) is 1. The monoisotopic (exact) mass is 484 g/mol. The third kappa shape index (κ3) is 3.78. The number of rotatable bonds is 3. The first-order valence-electron chi connectivity index (χ1n) is 13.5. The Bertz CT molecular complexity index is 1260. The van der Waals surface area contributed by atoms with Gasteiger partial charge in [0.05, 0.1) is 5.56 Å². The summed E-state index contributed by atoms with van der Waals surface area (Å²) in [7, 11) is 0. The highest BCUT2D eigenvalue weighted by Crippen LogP contribution is 2.34. The number of hydrogen-bond donors (Lipinski definition) is 1. The van der Waals surface area contributed by atoms with Gasteiger partial charge in [0, 0.05) is 51.4 Å². The van der Waals surface area contributed by atoms with E-state index >= 15 is 0 Å². The third-order valence-corrected chi connectivity index (χ3v) is 8.78. The molecule has 188 valence electrons. The van der Waals surface area contributed by atoms with Crippen LogP contribution in [-0.2, 0) is 4.79 Å². The molecule has 2 unspecified atom stereocenters. The normalized spacial score (nSPS) is 25.9. The van der Waals surface area contributed by atoms with Crippen molar-refractivity contribution in [3.63, 3.8) is 0 Å². The fourth-order valence-electron chi connectivity index (χ4n) is 6.98. The van der Waals surface area contributed by atoms with Crippen molar-refractivity contribution in [2.45, 2.75) is 50.7 Å². The molecule has 3 fully saturated rings. The largest absolute Gasteiger partial charge is 0.339 e. The second-order valence-electron chi connectivity index (χ2n) is 10.8. The lowest BCUT2D eigenvalue weighted by molar-refractivity contribution is -0.135. The molecule has 2 amide bonds. The van der Waals surface area contributed by atoms with Crippen LogP contribution < -0.4 is 5.32 Å². The average molecular weight is 485 g/mol. The lowest BCUT2D eigenvalue weighted by Crippen LogP contribution is -2.66. The zero-order valence-electron chi connectivity index (χ0n) is 21.4. The van der Waals surface area contributed by atoms with Gasteiger partial charge in [-0.15, -0.1) is 0 Å². The zero-order valence-corrected chi connectivity index (χ0v) is 21.4. The van der Waals surface area contributed by atoms with Crippen LogP contribution in [0, 0.1) is 0 Å². The lowest BCUT2D eigenvalue weighted by atomic mass is 9.90. The molecule has 0 aliphatic carbocycles. The Kier molecular flexibility index (Phi) is 5.97. The van der Waals surface area contributed by atoms with E-state index in [0.717, 1.165) is 85.6 Å². The van der Waals surface area contributed by atoms with E-state index in [4.69, 9.17) is 0 Å². The Morgan fingerprint density at radius 2 is 1.64 bits per heavy atom. The summed E-state index contributed by atoms with van der Waals surface area (Å²) in [4.78, 5) is 33.8. The van der Waals surface area contributed by atoms with E-state index in [1.807, 2.05) is 34.1 Å². The molecule has 6 nitrogen and oxygen atoms in total. The van der Waals surface area contributed by atoms with Gasteiger partial charge in [-0.1, -0.05) is 48.5 Å². The molecule has 6 rings (SSSR count). The third-order valence-electron chi connectivity index (χ3n) is 8.78. The van der Waals surface area contributed by atoms with Gasteiger partial charge in [-0.3, -0.25) is 14.5 Å². The maximum Gasteiger partial charge on any atom is 0.255 e. The molecule has 3 aliphatic heterocycles. The summed E-state index contributed by atoms with van der Waals surface area (Å²) in [6.07, 6.45) is 2.78. The number of likely N-dealkylation sites (N-methyl/N-ethyl adjacent to an activating group) is 1. The van der Waals surface area contributed by atoms with Crippen molar-refractivity contribution in [1.82, 2.24) is 20.0 Å². The number of benzene rings is 3. The molecular weight excluding hydrogens is 448 g/mol. The second kappa shape index (κ2) is 9.16. The van der Waals surface area contributed by atoms with Crippen molar-refractivity contribution in [3.8, 4) is 0 Å².